The second kappa shape index (κ2) is 10.7. The zero-order valence-corrected chi connectivity index (χ0v) is 22.9. The summed E-state index contributed by atoms with van der Waals surface area (Å²) in [6, 6.07) is 6.82. The van der Waals surface area contributed by atoms with Crippen LogP contribution in [0, 0.1) is 11.8 Å². The van der Waals surface area contributed by atoms with Crippen LogP contribution in [0.1, 0.15) is 41.5 Å². The SMILES string of the molecule is COc1cc([C@@H]2c3cc4c(cc3[C@@H](NC(=O)CCC(=O)C3=C=CC=C3)[C@H]3COC(=O)[C@H]23)OCO4)cc(OC)c1OC. The quantitative estimate of drug-likeness (QED) is 0.364. The highest BCUT2D eigenvalue weighted by molar-refractivity contribution is 6.00. The largest absolute Gasteiger partial charge is 0.493 e. The number of esters is 1. The standard InChI is InChI=1S/C31H29NO9/c1-36-24-10-17(11-25(37-2)30(24)38-3)27-18-12-22-23(41-15-40-22)13-19(18)29(20-14-39-31(35)28(20)27)32-26(34)9-8-21(33)16-6-4-5-7-16/h4-6,10-13,20,27-29H,8-9,14-15H2,1-3H3,(H,32,34)/t20-,27+,28-,29+/m0/s1. The molecule has 0 saturated carbocycles. The Morgan fingerprint density at radius 1 is 0.951 bits per heavy atom. The first kappa shape index (κ1) is 26.5. The van der Waals surface area contributed by atoms with E-state index in [1.807, 2.05) is 24.3 Å². The van der Waals surface area contributed by atoms with E-state index in [0.29, 0.717) is 34.3 Å². The number of fused-ring (bicyclic) bond motifs is 3. The first-order valence-electron chi connectivity index (χ1n) is 13.3. The van der Waals surface area contributed by atoms with Gasteiger partial charge in [-0.15, -0.1) is 5.73 Å². The third-order valence-electron chi connectivity index (χ3n) is 8.03. The molecule has 0 aromatic heterocycles. The topological polar surface area (TPSA) is 119 Å². The molecule has 0 bridgehead atoms. The van der Waals surface area contributed by atoms with Crippen molar-refractivity contribution in [3.8, 4) is 28.7 Å². The number of amides is 1. The van der Waals surface area contributed by atoms with Gasteiger partial charge in [-0.1, -0.05) is 6.08 Å². The van der Waals surface area contributed by atoms with Gasteiger partial charge in [-0.3, -0.25) is 14.4 Å². The predicted octanol–water partition coefficient (Wildman–Crippen LogP) is 3.53. The molecule has 1 fully saturated rings. The Kier molecular flexibility index (Phi) is 6.93. The molecule has 2 aromatic carbocycles. The number of rotatable bonds is 9. The van der Waals surface area contributed by atoms with Gasteiger partial charge in [0, 0.05) is 24.7 Å². The molecule has 1 amide bonds. The number of cyclic esters (lactones) is 1. The summed E-state index contributed by atoms with van der Waals surface area (Å²) in [6.45, 7) is 0.199. The van der Waals surface area contributed by atoms with Gasteiger partial charge in [-0.25, -0.2) is 0 Å². The summed E-state index contributed by atoms with van der Waals surface area (Å²) in [5, 5.41) is 3.09. The fourth-order valence-electron chi connectivity index (χ4n) is 6.14. The highest BCUT2D eigenvalue weighted by Gasteiger charge is 2.53. The summed E-state index contributed by atoms with van der Waals surface area (Å²) >= 11 is 0. The average molecular weight is 560 g/mol. The van der Waals surface area contributed by atoms with Gasteiger partial charge in [-0.2, -0.15) is 0 Å². The molecule has 1 saturated heterocycles. The molecular formula is C31H29NO9. The van der Waals surface area contributed by atoms with Crippen LogP contribution in [0.15, 0.2) is 53.8 Å². The van der Waals surface area contributed by atoms with E-state index in [-0.39, 0.29) is 49.8 Å². The number of carbonyl (C=O) groups excluding carboxylic acids is 3. The molecule has 10 nitrogen and oxygen atoms in total. The lowest BCUT2D eigenvalue weighted by atomic mass is 9.65. The Morgan fingerprint density at radius 3 is 2.29 bits per heavy atom. The molecule has 6 rings (SSSR count). The molecule has 2 aliphatic heterocycles. The number of Topliss-reactive ketones (excluding diaryl/α,β-unsaturated/α-hetero) is 1. The van der Waals surface area contributed by atoms with Gasteiger partial charge in [0.05, 0.1) is 45.5 Å². The van der Waals surface area contributed by atoms with Gasteiger partial charge in [0.25, 0.3) is 0 Å². The van der Waals surface area contributed by atoms with Crippen LogP contribution in [0.25, 0.3) is 0 Å². The summed E-state index contributed by atoms with van der Waals surface area (Å²) in [7, 11) is 4.60. The number of ketones is 1. The van der Waals surface area contributed by atoms with Crippen LogP contribution in [0.5, 0.6) is 28.7 Å². The van der Waals surface area contributed by atoms with E-state index in [1.165, 1.54) is 21.3 Å². The van der Waals surface area contributed by atoms with E-state index < -0.39 is 17.9 Å². The van der Waals surface area contributed by atoms with Crippen LogP contribution in [0.4, 0.5) is 0 Å². The number of carbonyl (C=O) groups is 3. The zero-order chi connectivity index (χ0) is 28.7. The molecule has 41 heavy (non-hydrogen) atoms. The minimum Gasteiger partial charge on any atom is -0.493 e. The number of benzene rings is 2. The fourth-order valence-corrected chi connectivity index (χ4v) is 6.14. The molecule has 4 atom stereocenters. The summed E-state index contributed by atoms with van der Waals surface area (Å²) in [5.74, 6) is 0.173. The zero-order valence-electron chi connectivity index (χ0n) is 22.9. The smallest absolute Gasteiger partial charge is 0.310 e. The Morgan fingerprint density at radius 2 is 1.66 bits per heavy atom. The van der Waals surface area contributed by atoms with Crippen LogP contribution < -0.4 is 29.0 Å². The molecule has 0 radical (unpaired) electrons. The van der Waals surface area contributed by atoms with Gasteiger partial charge < -0.3 is 33.7 Å². The molecule has 0 unspecified atom stereocenters. The summed E-state index contributed by atoms with van der Waals surface area (Å²) in [5.41, 5.74) is 5.66. The van der Waals surface area contributed by atoms with E-state index in [1.54, 1.807) is 18.2 Å². The number of nitrogens with one attached hydrogen (secondary N) is 1. The minimum atomic E-state index is -0.614. The van der Waals surface area contributed by atoms with Crippen molar-refractivity contribution in [2.24, 2.45) is 11.8 Å². The van der Waals surface area contributed by atoms with Crippen LogP contribution in [0.3, 0.4) is 0 Å². The van der Waals surface area contributed by atoms with Crippen LogP contribution >= 0.6 is 0 Å². The number of hydrogen-bond acceptors (Lipinski definition) is 9. The minimum absolute atomic E-state index is 0.00324. The van der Waals surface area contributed by atoms with Crippen LogP contribution in [-0.4, -0.2) is 52.4 Å². The van der Waals surface area contributed by atoms with Crippen LogP contribution in [0.2, 0.25) is 0 Å². The van der Waals surface area contributed by atoms with Gasteiger partial charge in [0.1, 0.15) is 0 Å². The molecule has 2 aliphatic carbocycles. The molecular weight excluding hydrogens is 530 g/mol. The van der Waals surface area contributed by atoms with Crippen molar-refractivity contribution in [1.29, 1.82) is 0 Å². The van der Waals surface area contributed by atoms with E-state index in [0.717, 1.165) is 16.7 Å². The van der Waals surface area contributed by atoms with Crippen molar-refractivity contribution in [2.75, 3.05) is 34.7 Å². The van der Waals surface area contributed by atoms with Gasteiger partial charge in [0.15, 0.2) is 28.8 Å². The van der Waals surface area contributed by atoms with Crippen molar-refractivity contribution in [3.05, 3.63) is 70.5 Å². The first-order chi connectivity index (χ1) is 19.9. The van der Waals surface area contributed by atoms with Crippen molar-refractivity contribution in [3.63, 3.8) is 0 Å². The Balaban J connectivity index is 1.40. The van der Waals surface area contributed by atoms with E-state index in [9.17, 15) is 14.4 Å². The third kappa shape index (κ3) is 4.60. The Labute approximate surface area is 236 Å². The van der Waals surface area contributed by atoms with E-state index in [2.05, 4.69) is 11.0 Å². The molecule has 2 heterocycles. The number of ether oxygens (including phenoxy) is 6. The highest BCUT2D eigenvalue weighted by atomic mass is 16.7. The fraction of sp³-hybridized carbons (Fsp3) is 0.355. The third-order valence-corrected chi connectivity index (χ3v) is 8.03. The molecule has 212 valence electrons. The molecule has 2 aromatic rings. The van der Waals surface area contributed by atoms with E-state index >= 15 is 0 Å². The van der Waals surface area contributed by atoms with Gasteiger partial charge >= 0.3 is 5.97 Å². The highest BCUT2D eigenvalue weighted by Crippen LogP contribution is 2.55. The lowest BCUT2D eigenvalue weighted by Crippen LogP contribution is -2.42. The lowest BCUT2D eigenvalue weighted by Gasteiger charge is -2.39. The van der Waals surface area contributed by atoms with Gasteiger partial charge in [-0.05, 0) is 53.1 Å². The molecule has 10 heteroatoms. The normalized spacial score (nSPS) is 22.9. The maximum absolute atomic E-state index is 13.3. The number of methoxy groups -OCH3 is 3. The number of allylic oxidation sites excluding steroid dienone is 3. The summed E-state index contributed by atoms with van der Waals surface area (Å²) in [4.78, 5) is 39.0. The maximum Gasteiger partial charge on any atom is 0.310 e. The van der Waals surface area contributed by atoms with Crippen molar-refractivity contribution in [2.45, 2.75) is 24.8 Å². The van der Waals surface area contributed by atoms with Crippen molar-refractivity contribution < 1.29 is 42.8 Å². The second-order valence-electron chi connectivity index (χ2n) is 10.1. The second-order valence-corrected chi connectivity index (χ2v) is 10.1. The Hall–Kier alpha value is -4.69. The number of hydrogen-bond donors (Lipinski definition) is 1. The average Bonchev–Trinajstić information content (AvgIpc) is 3.76. The molecule has 1 N–H and O–H groups in total. The lowest BCUT2D eigenvalue weighted by molar-refractivity contribution is -0.141. The molecule has 4 aliphatic rings. The van der Waals surface area contributed by atoms with Crippen molar-refractivity contribution in [1.82, 2.24) is 5.32 Å². The van der Waals surface area contributed by atoms with Gasteiger partial charge in [0.2, 0.25) is 18.4 Å². The monoisotopic (exact) mass is 559 g/mol. The van der Waals surface area contributed by atoms with Crippen molar-refractivity contribution >= 4 is 17.7 Å². The Bertz CT molecular complexity index is 1510. The summed E-state index contributed by atoms with van der Waals surface area (Å²) in [6.07, 6.45) is 5.12. The predicted molar refractivity (Wildman–Crippen MR) is 144 cm³/mol. The molecule has 0 spiro atoms. The summed E-state index contributed by atoms with van der Waals surface area (Å²) < 4.78 is 33.7. The maximum atomic E-state index is 13.3. The van der Waals surface area contributed by atoms with E-state index in [4.69, 9.17) is 28.4 Å². The van der Waals surface area contributed by atoms with Crippen LogP contribution in [-0.2, 0) is 19.1 Å². The first-order valence-corrected chi connectivity index (χ1v) is 13.3.